The predicted molar refractivity (Wildman–Crippen MR) is 95.9 cm³/mol. The largest absolute Gasteiger partial charge is 0.573 e. The van der Waals surface area contributed by atoms with Crippen molar-refractivity contribution in [2.75, 3.05) is 18.2 Å². The third-order valence-corrected chi connectivity index (χ3v) is 3.47. The summed E-state index contributed by atoms with van der Waals surface area (Å²) in [6.07, 6.45) is -3.51. The summed E-state index contributed by atoms with van der Waals surface area (Å²) in [5.41, 5.74) is 6.62. The molecule has 0 aliphatic rings. The minimum Gasteiger partial charge on any atom is -0.493 e. The lowest BCUT2D eigenvalue weighted by Gasteiger charge is -2.14. The highest BCUT2D eigenvalue weighted by Gasteiger charge is 2.30. The van der Waals surface area contributed by atoms with Crippen LogP contribution in [0.4, 0.5) is 30.4 Å². The molecule has 0 spiro atoms. The second kappa shape index (κ2) is 7.91. The van der Waals surface area contributed by atoms with Crippen LogP contribution in [0.3, 0.4) is 0 Å². The van der Waals surface area contributed by atoms with Crippen LogP contribution in [0.15, 0.2) is 54.9 Å². The van der Waals surface area contributed by atoms with Crippen LogP contribution in [-0.4, -0.2) is 23.4 Å². The molecule has 10 heteroatoms. The molecular weight excluding hydrogens is 377 g/mol. The molecule has 1 heterocycles. The van der Waals surface area contributed by atoms with Gasteiger partial charge in [0.25, 0.3) is 0 Å². The highest BCUT2D eigenvalue weighted by Crippen LogP contribution is 2.35. The van der Waals surface area contributed by atoms with Crippen molar-refractivity contribution in [3.05, 3.63) is 54.9 Å². The number of nitrogens with one attached hydrogen (secondary N) is 1. The first-order chi connectivity index (χ1) is 13.4. The number of alkyl halides is 3. The van der Waals surface area contributed by atoms with E-state index < -0.39 is 6.36 Å². The van der Waals surface area contributed by atoms with Crippen LogP contribution < -0.4 is 25.3 Å². The molecule has 1 aromatic heterocycles. The molecule has 0 fully saturated rings. The van der Waals surface area contributed by atoms with Gasteiger partial charge in [-0.2, -0.15) is 4.98 Å². The molecule has 0 bridgehead atoms. The van der Waals surface area contributed by atoms with Crippen molar-refractivity contribution in [3.63, 3.8) is 0 Å². The van der Waals surface area contributed by atoms with Gasteiger partial charge in [0, 0.05) is 5.69 Å². The molecule has 0 saturated carbocycles. The monoisotopic (exact) mass is 392 g/mol. The van der Waals surface area contributed by atoms with E-state index in [1.54, 1.807) is 24.3 Å². The normalized spacial score (nSPS) is 11.0. The number of hydrogen-bond donors (Lipinski definition) is 2. The number of nitrogen functional groups attached to an aromatic ring is 1. The summed E-state index contributed by atoms with van der Waals surface area (Å²) in [5, 5.41) is 2.89. The fourth-order valence-electron chi connectivity index (χ4n) is 2.24. The molecule has 7 nitrogen and oxygen atoms in total. The van der Waals surface area contributed by atoms with Gasteiger partial charge in [-0.25, -0.2) is 4.98 Å². The van der Waals surface area contributed by atoms with Crippen LogP contribution in [0.5, 0.6) is 23.1 Å². The molecule has 0 saturated heterocycles. The third kappa shape index (κ3) is 4.72. The molecular formula is C18H15F3N4O3. The molecule has 3 rings (SSSR count). The average Bonchev–Trinajstić information content (AvgIpc) is 2.66. The number of anilines is 3. The van der Waals surface area contributed by atoms with Crippen molar-refractivity contribution >= 4 is 17.2 Å². The number of benzene rings is 2. The molecule has 0 aliphatic heterocycles. The van der Waals surface area contributed by atoms with Gasteiger partial charge < -0.3 is 25.3 Å². The van der Waals surface area contributed by atoms with Crippen molar-refractivity contribution < 1.29 is 27.4 Å². The number of rotatable bonds is 6. The molecule has 0 radical (unpaired) electrons. The lowest BCUT2D eigenvalue weighted by Crippen LogP contribution is -2.17. The van der Waals surface area contributed by atoms with E-state index in [1.807, 2.05) is 0 Å². The van der Waals surface area contributed by atoms with Crippen LogP contribution in [0.2, 0.25) is 0 Å². The standard InChI is InChI=1S/C18H15F3N4O3/c1-26-13-4-2-3-5-14(13)27-17-15(22)16(23-10-24-17)25-11-6-8-12(9-7-11)28-18(19,20)21/h2-10H,22H2,1H3,(H,23,24,25). The smallest absolute Gasteiger partial charge is 0.493 e. The fourth-order valence-corrected chi connectivity index (χ4v) is 2.24. The quantitative estimate of drug-likeness (QED) is 0.638. The van der Waals surface area contributed by atoms with E-state index in [2.05, 4.69) is 20.0 Å². The van der Waals surface area contributed by atoms with Crippen LogP contribution >= 0.6 is 0 Å². The lowest BCUT2D eigenvalue weighted by molar-refractivity contribution is -0.274. The van der Waals surface area contributed by atoms with Gasteiger partial charge >= 0.3 is 6.36 Å². The number of hydrogen-bond acceptors (Lipinski definition) is 7. The summed E-state index contributed by atoms with van der Waals surface area (Å²) in [6, 6.07) is 12.1. The first-order valence-corrected chi connectivity index (χ1v) is 7.90. The summed E-state index contributed by atoms with van der Waals surface area (Å²) >= 11 is 0. The maximum atomic E-state index is 12.2. The molecule has 0 aliphatic carbocycles. The van der Waals surface area contributed by atoms with E-state index in [0.29, 0.717) is 17.2 Å². The van der Waals surface area contributed by atoms with E-state index in [0.717, 1.165) is 0 Å². The predicted octanol–water partition coefficient (Wildman–Crippen LogP) is 4.50. The Labute approximate surface area is 157 Å². The van der Waals surface area contributed by atoms with Crippen LogP contribution in [-0.2, 0) is 0 Å². The van der Waals surface area contributed by atoms with E-state index in [9.17, 15) is 13.2 Å². The Kier molecular flexibility index (Phi) is 5.39. The molecule has 3 N–H and O–H groups in total. The van der Waals surface area contributed by atoms with Gasteiger partial charge in [0.2, 0.25) is 5.88 Å². The molecule has 2 aromatic carbocycles. The van der Waals surface area contributed by atoms with Crippen molar-refractivity contribution in [2.24, 2.45) is 0 Å². The van der Waals surface area contributed by atoms with Gasteiger partial charge in [-0.15, -0.1) is 13.2 Å². The number of nitrogens with two attached hydrogens (primary N) is 1. The summed E-state index contributed by atoms with van der Waals surface area (Å²) in [4.78, 5) is 8.04. The maximum Gasteiger partial charge on any atom is 0.573 e. The second-order valence-electron chi connectivity index (χ2n) is 5.39. The maximum absolute atomic E-state index is 12.2. The molecule has 3 aromatic rings. The van der Waals surface area contributed by atoms with E-state index in [-0.39, 0.29) is 23.1 Å². The van der Waals surface area contributed by atoms with Crippen molar-refractivity contribution in [1.82, 2.24) is 9.97 Å². The van der Waals surface area contributed by atoms with E-state index >= 15 is 0 Å². The SMILES string of the molecule is COc1ccccc1Oc1ncnc(Nc2ccc(OC(F)(F)F)cc2)c1N. The first-order valence-electron chi connectivity index (χ1n) is 7.90. The number of ether oxygens (including phenoxy) is 3. The summed E-state index contributed by atoms with van der Waals surface area (Å²) in [7, 11) is 1.50. The van der Waals surface area contributed by atoms with E-state index in [1.165, 1.54) is 37.7 Å². The number of aromatic nitrogens is 2. The highest BCUT2D eigenvalue weighted by atomic mass is 19.4. The van der Waals surface area contributed by atoms with Gasteiger partial charge in [0.15, 0.2) is 17.3 Å². The fraction of sp³-hybridized carbons (Fsp3) is 0.111. The number of methoxy groups -OCH3 is 1. The number of nitrogens with zero attached hydrogens (tertiary/aromatic N) is 2. The minimum absolute atomic E-state index is 0.0963. The van der Waals surface area contributed by atoms with Crippen LogP contribution in [0, 0.1) is 0 Å². The zero-order chi connectivity index (χ0) is 20.1. The average molecular weight is 392 g/mol. The zero-order valence-corrected chi connectivity index (χ0v) is 14.5. The van der Waals surface area contributed by atoms with Crippen molar-refractivity contribution in [3.8, 4) is 23.1 Å². The van der Waals surface area contributed by atoms with Gasteiger partial charge in [0.1, 0.15) is 17.8 Å². The second-order valence-corrected chi connectivity index (χ2v) is 5.39. The Balaban J connectivity index is 1.78. The van der Waals surface area contributed by atoms with Crippen molar-refractivity contribution in [2.45, 2.75) is 6.36 Å². The van der Waals surface area contributed by atoms with Gasteiger partial charge in [0.05, 0.1) is 7.11 Å². The van der Waals surface area contributed by atoms with Gasteiger partial charge in [-0.05, 0) is 36.4 Å². The zero-order valence-electron chi connectivity index (χ0n) is 14.5. The lowest BCUT2D eigenvalue weighted by atomic mass is 10.3. The topological polar surface area (TPSA) is 91.5 Å². The van der Waals surface area contributed by atoms with Gasteiger partial charge in [-0.1, -0.05) is 12.1 Å². The molecule has 0 unspecified atom stereocenters. The Hall–Kier alpha value is -3.69. The summed E-state index contributed by atoms with van der Waals surface area (Å²) in [5.74, 6) is 0.891. The van der Waals surface area contributed by atoms with Crippen LogP contribution in [0.1, 0.15) is 0 Å². The summed E-state index contributed by atoms with van der Waals surface area (Å²) < 4.78 is 51.4. The Morgan fingerprint density at radius 3 is 2.29 bits per heavy atom. The molecule has 0 amide bonds. The minimum atomic E-state index is -4.75. The van der Waals surface area contributed by atoms with Crippen molar-refractivity contribution in [1.29, 1.82) is 0 Å². The third-order valence-electron chi connectivity index (χ3n) is 3.47. The first kappa shape index (κ1) is 19.1. The van der Waals surface area contributed by atoms with E-state index in [4.69, 9.17) is 15.2 Å². The number of halogens is 3. The molecule has 28 heavy (non-hydrogen) atoms. The molecule has 0 atom stereocenters. The summed E-state index contributed by atoms with van der Waals surface area (Å²) in [6.45, 7) is 0. The Bertz CT molecular complexity index is 950. The molecule has 146 valence electrons. The van der Waals surface area contributed by atoms with Crippen LogP contribution in [0.25, 0.3) is 0 Å². The highest BCUT2D eigenvalue weighted by molar-refractivity contribution is 5.72. The Morgan fingerprint density at radius 2 is 1.64 bits per heavy atom. The Morgan fingerprint density at radius 1 is 0.964 bits per heavy atom. The van der Waals surface area contributed by atoms with Gasteiger partial charge in [-0.3, -0.25) is 0 Å². The number of para-hydroxylation sites is 2.